The maximum Gasteiger partial charge on any atom is 0.0966 e. The zero-order valence-corrected chi connectivity index (χ0v) is 16.9. The number of aliphatic hydroxyl groups is 1. The van der Waals surface area contributed by atoms with Crippen molar-refractivity contribution in [3.63, 3.8) is 0 Å². The molecular weight excluding hydrogens is 334 g/mol. The fourth-order valence-corrected chi connectivity index (χ4v) is 4.65. The maximum atomic E-state index is 10.9. The Bertz CT molecular complexity index is 799. The Morgan fingerprint density at radius 1 is 1.19 bits per heavy atom. The first-order valence-corrected chi connectivity index (χ1v) is 10.0. The molecule has 1 aromatic carbocycles. The van der Waals surface area contributed by atoms with E-state index in [2.05, 4.69) is 60.8 Å². The van der Waals surface area contributed by atoms with E-state index in [1.54, 1.807) is 12.4 Å². The smallest absolute Gasteiger partial charge is 0.0966 e. The van der Waals surface area contributed by atoms with Gasteiger partial charge in [0, 0.05) is 43.1 Å². The molecule has 4 nitrogen and oxygen atoms in total. The number of β-amino-alcohol motifs (C(OH)–C–C–N with tert-alkyl or cyclic N) is 1. The van der Waals surface area contributed by atoms with E-state index in [9.17, 15) is 5.11 Å². The number of likely N-dealkylation sites (N-methyl/N-ethyl adjacent to an activating group) is 1. The van der Waals surface area contributed by atoms with E-state index in [-0.39, 0.29) is 5.41 Å². The van der Waals surface area contributed by atoms with Crippen LogP contribution in [0.3, 0.4) is 0 Å². The zero-order valence-electron chi connectivity index (χ0n) is 16.9. The lowest BCUT2D eigenvalue weighted by Gasteiger charge is -2.38. The molecule has 3 heterocycles. The molecule has 0 bridgehead atoms. The highest BCUT2D eigenvalue weighted by molar-refractivity contribution is 5.64. The molecule has 4 rings (SSSR count). The predicted octanol–water partition coefficient (Wildman–Crippen LogP) is 3.72. The van der Waals surface area contributed by atoms with E-state index in [1.165, 1.54) is 16.8 Å². The lowest BCUT2D eigenvalue weighted by atomic mass is 9.83. The number of hydrogen-bond acceptors (Lipinski definition) is 4. The minimum absolute atomic E-state index is 0.148. The summed E-state index contributed by atoms with van der Waals surface area (Å²) in [6.07, 6.45) is 4.15. The van der Waals surface area contributed by atoms with E-state index >= 15 is 0 Å². The van der Waals surface area contributed by atoms with Crippen LogP contribution in [0.15, 0.2) is 42.7 Å². The second-order valence-electron chi connectivity index (χ2n) is 9.20. The summed E-state index contributed by atoms with van der Waals surface area (Å²) >= 11 is 0. The monoisotopic (exact) mass is 365 g/mol. The van der Waals surface area contributed by atoms with Crippen LogP contribution in [-0.4, -0.2) is 47.7 Å². The maximum absolute atomic E-state index is 10.9. The molecule has 1 fully saturated rings. The van der Waals surface area contributed by atoms with E-state index in [1.807, 2.05) is 12.1 Å². The molecule has 0 amide bonds. The molecule has 0 radical (unpaired) electrons. The normalized spacial score (nSPS) is 23.8. The number of anilines is 1. The highest BCUT2D eigenvalue weighted by Crippen LogP contribution is 2.46. The molecule has 1 N–H and O–H groups in total. The highest BCUT2D eigenvalue weighted by Gasteiger charge is 2.42. The average molecular weight is 366 g/mol. The van der Waals surface area contributed by atoms with E-state index in [0.29, 0.717) is 18.5 Å². The lowest BCUT2D eigenvalue weighted by molar-refractivity contribution is 0.171. The van der Waals surface area contributed by atoms with Gasteiger partial charge in [-0.25, -0.2) is 0 Å². The Labute approximate surface area is 162 Å². The third kappa shape index (κ3) is 3.48. The van der Waals surface area contributed by atoms with Crippen molar-refractivity contribution in [2.45, 2.75) is 50.7 Å². The molecule has 2 aromatic rings. The summed E-state index contributed by atoms with van der Waals surface area (Å²) < 4.78 is 0. The average Bonchev–Trinajstić information content (AvgIpc) is 2.94. The molecule has 2 aliphatic rings. The van der Waals surface area contributed by atoms with E-state index in [4.69, 9.17) is 0 Å². The number of pyridine rings is 1. The van der Waals surface area contributed by atoms with Gasteiger partial charge in [0.05, 0.1) is 6.10 Å². The number of nitrogens with zero attached hydrogens (tertiary/aromatic N) is 3. The fourth-order valence-electron chi connectivity index (χ4n) is 4.65. The third-order valence-corrected chi connectivity index (χ3v) is 6.24. The Kier molecular flexibility index (Phi) is 4.73. The van der Waals surface area contributed by atoms with Gasteiger partial charge in [0.1, 0.15) is 0 Å². The Hall–Kier alpha value is -1.91. The van der Waals surface area contributed by atoms with Crippen molar-refractivity contribution in [1.82, 2.24) is 9.88 Å². The van der Waals surface area contributed by atoms with Crippen molar-refractivity contribution in [2.75, 3.05) is 31.6 Å². The van der Waals surface area contributed by atoms with Crippen molar-refractivity contribution in [3.8, 4) is 0 Å². The summed E-state index contributed by atoms with van der Waals surface area (Å²) in [5.74, 6) is 0.519. The molecule has 1 saturated heterocycles. The van der Waals surface area contributed by atoms with Gasteiger partial charge in [0.15, 0.2) is 0 Å². The van der Waals surface area contributed by atoms with Crippen LogP contribution in [0.2, 0.25) is 0 Å². The minimum Gasteiger partial charge on any atom is -0.387 e. The molecule has 4 heteroatoms. The summed E-state index contributed by atoms with van der Waals surface area (Å²) in [7, 11) is 2.22. The van der Waals surface area contributed by atoms with Gasteiger partial charge < -0.3 is 14.9 Å². The highest BCUT2D eigenvalue weighted by atomic mass is 16.3. The van der Waals surface area contributed by atoms with Gasteiger partial charge in [-0.3, -0.25) is 4.98 Å². The number of aliphatic hydroxyl groups excluding tert-OH is 1. The van der Waals surface area contributed by atoms with Crippen molar-refractivity contribution in [1.29, 1.82) is 0 Å². The van der Waals surface area contributed by atoms with Crippen molar-refractivity contribution >= 4 is 5.69 Å². The third-order valence-electron chi connectivity index (χ3n) is 6.24. The summed E-state index contributed by atoms with van der Waals surface area (Å²) in [4.78, 5) is 8.98. The molecule has 3 atom stereocenters. The standard InChI is InChI=1S/C23H31N3O/c1-23(2,3)17-5-6-20-18(13-17)19-14-25(4)12-9-21(19)26(20)15-22(27)16-7-10-24-11-8-16/h5-8,10-11,13,19,21-22,27H,9,12,14-15H2,1-4H3. The number of hydrogen-bond donors (Lipinski definition) is 1. The number of benzene rings is 1. The van der Waals surface area contributed by atoms with E-state index in [0.717, 1.165) is 25.1 Å². The topological polar surface area (TPSA) is 39.6 Å². The van der Waals surface area contributed by atoms with Gasteiger partial charge in [0.2, 0.25) is 0 Å². The second-order valence-corrected chi connectivity index (χ2v) is 9.20. The zero-order chi connectivity index (χ0) is 19.2. The van der Waals surface area contributed by atoms with Crippen LogP contribution >= 0.6 is 0 Å². The van der Waals surface area contributed by atoms with Gasteiger partial charge in [-0.1, -0.05) is 32.9 Å². The van der Waals surface area contributed by atoms with Crippen molar-refractivity contribution in [2.24, 2.45) is 0 Å². The summed E-state index contributed by atoms with van der Waals surface area (Å²) in [6.45, 7) is 9.67. The summed E-state index contributed by atoms with van der Waals surface area (Å²) in [6, 6.07) is 11.3. The van der Waals surface area contributed by atoms with Crippen molar-refractivity contribution in [3.05, 3.63) is 59.4 Å². The number of rotatable bonds is 3. The quantitative estimate of drug-likeness (QED) is 0.900. The van der Waals surface area contributed by atoms with Crippen LogP contribution in [0.25, 0.3) is 0 Å². The molecule has 1 aromatic heterocycles. The second kappa shape index (κ2) is 6.92. The van der Waals surface area contributed by atoms with Gasteiger partial charge in [0.25, 0.3) is 0 Å². The molecule has 27 heavy (non-hydrogen) atoms. The van der Waals surface area contributed by atoms with Crippen LogP contribution in [0, 0.1) is 0 Å². The SMILES string of the molecule is CN1CCC2C(C1)c1cc(C(C)(C)C)ccc1N2CC(O)c1ccncc1. The minimum atomic E-state index is -0.499. The number of likely N-dealkylation sites (tertiary alicyclic amines) is 1. The molecule has 0 aliphatic carbocycles. The first kappa shape index (κ1) is 18.5. The first-order valence-electron chi connectivity index (χ1n) is 10.0. The predicted molar refractivity (Wildman–Crippen MR) is 110 cm³/mol. The Morgan fingerprint density at radius 3 is 2.63 bits per heavy atom. The Balaban J connectivity index is 1.68. The van der Waals surface area contributed by atoms with Crippen LogP contribution in [-0.2, 0) is 5.41 Å². The van der Waals surface area contributed by atoms with Gasteiger partial charge in [-0.2, -0.15) is 0 Å². The number of piperidine rings is 1. The molecule has 3 unspecified atom stereocenters. The molecular formula is C23H31N3O. The van der Waals surface area contributed by atoms with Crippen LogP contribution < -0.4 is 4.90 Å². The first-order chi connectivity index (χ1) is 12.8. The van der Waals surface area contributed by atoms with Crippen LogP contribution in [0.1, 0.15) is 55.9 Å². The van der Waals surface area contributed by atoms with Crippen molar-refractivity contribution < 1.29 is 5.11 Å². The molecule has 0 saturated carbocycles. The van der Waals surface area contributed by atoms with Gasteiger partial charge in [-0.05, 0) is 60.3 Å². The number of aromatic nitrogens is 1. The van der Waals surface area contributed by atoms with Crippen LogP contribution in [0.5, 0.6) is 0 Å². The molecule has 144 valence electrons. The number of fused-ring (bicyclic) bond motifs is 3. The molecule has 2 aliphatic heterocycles. The Morgan fingerprint density at radius 2 is 1.93 bits per heavy atom. The van der Waals surface area contributed by atoms with Gasteiger partial charge >= 0.3 is 0 Å². The molecule has 0 spiro atoms. The largest absolute Gasteiger partial charge is 0.387 e. The van der Waals surface area contributed by atoms with E-state index < -0.39 is 6.10 Å². The lowest BCUT2D eigenvalue weighted by Crippen LogP contribution is -2.46. The van der Waals surface area contributed by atoms with Gasteiger partial charge in [-0.15, -0.1) is 0 Å². The fraction of sp³-hybridized carbons (Fsp3) is 0.522. The summed E-state index contributed by atoms with van der Waals surface area (Å²) in [5, 5.41) is 10.9. The van der Waals surface area contributed by atoms with Crippen LogP contribution in [0.4, 0.5) is 5.69 Å². The summed E-state index contributed by atoms with van der Waals surface area (Å²) in [5.41, 5.74) is 5.25.